The first kappa shape index (κ1) is 15.5. The highest BCUT2D eigenvalue weighted by molar-refractivity contribution is 5.82. The number of ether oxygens (including phenoxy) is 1. The number of carbonyl (C=O) groups excluding carboxylic acids is 2. The molecular weight excluding hydrogens is 244 g/mol. The Morgan fingerprint density at radius 1 is 1.47 bits per heavy atom. The van der Waals surface area contributed by atoms with E-state index in [1.807, 2.05) is 4.90 Å². The topological polar surface area (TPSA) is 58.6 Å². The average Bonchev–Trinajstić information content (AvgIpc) is 2.94. The van der Waals surface area contributed by atoms with Gasteiger partial charge in [-0.2, -0.15) is 0 Å². The molecule has 0 aromatic carbocycles. The fraction of sp³-hybridized carbons (Fsp3) is 0.714. The van der Waals surface area contributed by atoms with Crippen molar-refractivity contribution in [1.29, 1.82) is 0 Å². The lowest BCUT2D eigenvalue weighted by molar-refractivity contribution is -0.144. The molecule has 106 valence electrons. The number of hydrogen-bond donors (Lipinski definition) is 1. The van der Waals surface area contributed by atoms with Crippen LogP contribution in [-0.2, 0) is 14.3 Å². The molecule has 19 heavy (non-hydrogen) atoms. The number of nitrogens with zero attached hydrogens (tertiary/aromatic N) is 1. The summed E-state index contributed by atoms with van der Waals surface area (Å²) in [6, 6.07) is -0.110. The maximum absolute atomic E-state index is 12.0. The minimum absolute atomic E-state index is 0.145. The van der Waals surface area contributed by atoms with E-state index >= 15 is 0 Å². The van der Waals surface area contributed by atoms with E-state index in [1.54, 1.807) is 6.92 Å². The first-order chi connectivity index (χ1) is 9.10. The van der Waals surface area contributed by atoms with Gasteiger partial charge in [0.2, 0.25) is 5.91 Å². The largest absolute Gasteiger partial charge is 0.468 e. The van der Waals surface area contributed by atoms with E-state index in [-0.39, 0.29) is 37.0 Å². The summed E-state index contributed by atoms with van der Waals surface area (Å²) in [6.07, 6.45) is 9.44. The van der Waals surface area contributed by atoms with Gasteiger partial charge in [-0.05, 0) is 19.8 Å². The van der Waals surface area contributed by atoms with Crippen LogP contribution in [0.3, 0.4) is 0 Å². The molecule has 1 saturated carbocycles. The summed E-state index contributed by atoms with van der Waals surface area (Å²) in [4.78, 5) is 25.4. The number of amides is 1. The van der Waals surface area contributed by atoms with Crippen molar-refractivity contribution in [3.8, 4) is 12.3 Å². The van der Waals surface area contributed by atoms with Gasteiger partial charge in [-0.3, -0.25) is 14.5 Å². The Labute approximate surface area is 114 Å². The number of methoxy groups -OCH3 is 1. The average molecular weight is 266 g/mol. The van der Waals surface area contributed by atoms with E-state index in [1.165, 1.54) is 7.11 Å². The summed E-state index contributed by atoms with van der Waals surface area (Å²) < 4.78 is 4.71. The van der Waals surface area contributed by atoms with Crippen LogP contribution in [0, 0.1) is 12.3 Å². The Balaban J connectivity index is 2.68. The molecule has 1 unspecified atom stereocenters. The fourth-order valence-electron chi connectivity index (χ4n) is 2.47. The SMILES string of the molecule is C#CCNC(=O)C(C)N(CC(=O)OC)C1CCCC1. The van der Waals surface area contributed by atoms with E-state index in [4.69, 9.17) is 11.2 Å². The minimum Gasteiger partial charge on any atom is -0.468 e. The lowest BCUT2D eigenvalue weighted by Gasteiger charge is -2.32. The van der Waals surface area contributed by atoms with Gasteiger partial charge in [-0.25, -0.2) is 0 Å². The monoisotopic (exact) mass is 266 g/mol. The van der Waals surface area contributed by atoms with Crippen LogP contribution in [-0.4, -0.2) is 49.1 Å². The van der Waals surface area contributed by atoms with Gasteiger partial charge in [-0.1, -0.05) is 18.8 Å². The zero-order valence-corrected chi connectivity index (χ0v) is 11.6. The highest BCUT2D eigenvalue weighted by atomic mass is 16.5. The summed E-state index contributed by atoms with van der Waals surface area (Å²) in [6.45, 7) is 2.15. The smallest absolute Gasteiger partial charge is 0.319 e. The number of nitrogens with one attached hydrogen (secondary N) is 1. The van der Waals surface area contributed by atoms with Crippen LogP contribution in [0.4, 0.5) is 0 Å². The van der Waals surface area contributed by atoms with Gasteiger partial charge in [0.25, 0.3) is 0 Å². The van der Waals surface area contributed by atoms with Crippen molar-refractivity contribution in [2.24, 2.45) is 0 Å². The van der Waals surface area contributed by atoms with Crippen LogP contribution in [0.25, 0.3) is 0 Å². The van der Waals surface area contributed by atoms with Gasteiger partial charge < -0.3 is 10.1 Å². The molecule has 0 saturated heterocycles. The van der Waals surface area contributed by atoms with Crippen LogP contribution in [0.2, 0.25) is 0 Å². The van der Waals surface area contributed by atoms with Crippen molar-refractivity contribution in [2.75, 3.05) is 20.2 Å². The van der Waals surface area contributed by atoms with Crippen LogP contribution in [0.5, 0.6) is 0 Å². The summed E-state index contributed by atoms with van der Waals surface area (Å²) in [5.41, 5.74) is 0. The molecule has 1 aliphatic carbocycles. The third-order valence-corrected chi connectivity index (χ3v) is 3.57. The third-order valence-electron chi connectivity index (χ3n) is 3.57. The van der Waals surface area contributed by atoms with Gasteiger partial charge in [-0.15, -0.1) is 6.42 Å². The number of carbonyl (C=O) groups is 2. The van der Waals surface area contributed by atoms with Gasteiger partial charge in [0, 0.05) is 6.04 Å². The number of hydrogen-bond acceptors (Lipinski definition) is 4. The molecule has 0 aliphatic heterocycles. The lowest BCUT2D eigenvalue weighted by Crippen LogP contribution is -2.51. The normalized spacial score (nSPS) is 16.9. The predicted octanol–water partition coefficient (Wildman–Crippen LogP) is 0.542. The molecule has 1 amide bonds. The van der Waals surface area contributed by atoms with Crippen molar-refractivity contribution >= 4 is 11.9 Å². The molecule has 1 N–H and O–H groups in total. The molecule has 1 atom stereocenters. The molecule has 0 bridgehead atoms. The van der Waals surface area contributed by atoms with E-state index < -0.39 is 0 Å². The minimum atomic E-state index is -0.379. The van der Waals surface area contributed by atoms with Crippen LogP contribution >= 0.6 is 0 Å². The summed E-state index contributed by atoms with van der Waals surface area (Å²) >= 11 is 0. The summed E-state index contributed by atoms with van der Waals surface area (Å²) in [5, 5.41) is 2.66. The van der Waals surface area contributed by atoms with Gasteiger partial charge in [0.05, 0.1) is 26.2 Å². The standard InChI is InChI=1S/C14H22N2O3/c1-4-9-15-14(18)11(2)16(10-13(17)19-3)12-7-5-6-8-12/h1,11-12H,5-10H2,2-3H3,(H,15,18). The Kier molecular flexibility index (Phi) is 6.37. The maximum Gasteiger partial charge on any atom is 0.319 e. The number of terminal acetylenes is 1. The van der Waals surface area contributed by atoms with Crippen LogP contribution < -0.4 is 5.32 Å². The molecule has 0 spiro atoms. The molecule has 1 aliphatic rings. The third kappa shape index (κ3) is 4.56. The second kappa shape index (κ2) is 7.80. The lowest BCUT2D eigenvalue weighted by atomic mass is 10.1. The molecule has 0 aromatic heterocycles. The molecular formula is C14H22N2O3. The molecule has 1 fully saturated rings. The number of rotatable bonds is 6. The Hall–Kier alpha value is -1.54. The highest BCUT2D eigenvalue weighted by Crippen LogP contribution is 2.25. The molecule has 0 aromatic rings. The molecule has 1 rings (SSSR count). The van der Waals surface area contributed by atoms with Crippen LogP contribution in [0.15, 0.2) is 0 Å². The Bertz CT molecular complexity index is 356. The van der Waals surface area contributed by atoms with Crippen molar-refractivity contribution < 1.29 is 14.3 Å². The zero-order valence-electron chi connectivity index (χ0n) is 11.6. The van der Waals surface area contributed by atoms with Gasteiger partial charge in [0.1, 0.15) is 0 Å². The fourth-order valence-corrected chi connectivity index (χ4v) is 2.47. The quantitative estimate of drug-likeness (QED) is 0.563. The second-order valence-electron chi connectivity index (χ2n) is 4.78. The van der Waals surface area contributed by atoms with Crippen molar-refractivity contribution in [3.05, 3.63) is 0 Å². The van der Waals surface area contributed by atoms with Crippen molar-refractivity contribution in [1.82, 2.24) is 10.2 Å². The molecule has 5 heteroatoms. The van der Waals surface area contributed by atoms with E-state index in [0.717, 1.165) is 25.7 Å². The molecule has 0 radical (unpaired) electrons. The summed E-state index contributed by atoms with van der Waals surface area (Å²) in [5.74, 6) is 1.91. The second-order valence-corrected chi connectivity index (χ2v) is 4.78. The van der Waals surface area contributed by atoms with E-state index in [2.05, 4.69) is 11.2 Å². The Morgan fingerprint density at radius 3 is 2.63 bits per heavy atom. The predicted molar refractivity (Wildman–Crippen MR) is 72.3 cm³/mol. The highest BCUT2D eigenvalue weighted by Gasteiger charge is 2.31. The summed E-state index contributed by atoms with van der Waals surface area (Å²) in [7, 11) is 1.36. The zero-order chi connectivity index (χ0) is 14.3. The molecule has 5 nitrogen and oxygen atoms in total. The Morgan fingerprint density at radius 2 is 2.11 bits per heavy atom. The first-order valence-corrected chi connectivity index (χ1v) is 6.64. The molecule has 0 heterocycles. The van der Waals surface area contributed by atoms with Gasteiger partial charge in [0.15, 0.2) is 0 Å². The number of esters is 1. The van der Waals surface area contributed by atoms with E-state index in [9.17, 15) is 9.59 Å². The first-order valence-electron chi connectivity index (χ1n) is 6.64. The van der Waals surface area contributed by atoms with Crippen molar-refractivity contribution in [3.63, 3.8) is 0 Å². The maximum atomic E-state index is 12.0. The van der Waals surface area contributed by atoms with Gasteiger partial charge >= 0.3 is 5.97 Å². The van der Waals surface area contributed by atoms with Crippen molar-refractivity contribution in [2.45, 2.75) is 44.7 Å². The van der Waals surface area contributed by atoms with E-state index in [0.29, 0.717) is 0 Å². The van der Waals surface area contributed by atoms with Crippen LogP contribution in [0.1, 0.15) is 32.6 Å².